The molecule has 0 atom stereocenters. The van der Waals surface area contributed by atoms with E-state index in [2.05, 4.69) is 95.2 Å². The zero-order chi connectivity index (χ0) is 27.0. The lowest BCUT2D eigenvalue weighted by Crippen LogP contribution is -2.20. The lowest BCUT2D eigenvalue weighted by molar-refractivity contribution is 0.420. The summed E-state index contributed by atoms with van der Waals surface area (Å²) in [6.07, 6.45) is 1.75. The smallest absolute Gasteiger partial charge is 0.123 e. The normalized spacial score (nSPS) is 13.4. The van der Waals surface area contributed by atoms with Gasteiger partial charge in [-0.15, -0.1) is 0 Å². The number of hydrogen-bond donors (Lipinski definition) is 2. The lowest BCUT2D eigenvalue weighted by atomic mass is 9.77. The van der Waals surface area contributed by atoms with Gasteiger partial charge in [-0.1, -0.05) is 83.1 Å². The molecule has 0 saturated carbocycles. The molecule has 0 bridgehead atoms. The monoisotopic (exact) mass is 496 g/mol. The van der Waals surface area contributed by atoms with Crippen LogP contribution >= 0.6 is 11.8 Å². The molecule has 0 aliphatic rings. The molecular formula is C32H48O2S. The number of phenols is 2. The molecule has 0 spiro atoms. The van der Waals surface area contributed by atoms with Gasteiger partial charge in [0.05, 0.1) is 0 Å². The van der Waals surface area contributed by atoms with Crippen molar-refractivity contribution in [1.82, 2.24) is 0 Å². The van der Waals surface area contributed by atoms with Crippen LogP contribution in [0.25, 0.3) is 0 Å². The predicted molar refractivity (Wildman–Crippen MR) is 153 cm³/mol. The van der Waals surface area contributed by atoms with Crippen LogP contribution in [0.1, 0.15) is 116 Å². The van der Waals surface area contributed by atoms with E-state index in [9.17, 15) is 10.2 Å². The van der Waals surface area contributed by atoms with Crippen LogP contribution in [0.4, 0.5) is 0 Å². The van der Waals surface area contributed by atoms with Gasteiger partial charge in [-0.25, -0.2) is 0 Å². The van der Waals surface area contributed by atoms with Crippen LogP contribution in [0.3, 0.4) is 0 Å². The molecule has 0 unspecified atom stereocenters. The van der Waals surface area contributed by atoms with Gasteiger partial charge in [0.1, 0.15) is 11.5 Å². The largest absolute Gasteiger partial charge is 0.507 e. The fourth-order valence-corrected chi connectivity index (χ4v) is 5.66. The minimum Gasteiger partial charge on any atom is -0.507 e. The third-order valence-corrected chi connectivity index (χ3v) is 7.46. The summed E-state index contributed by atoms with van der Waals surface area (Å²) in [6.45, 7) is 25.8. The van der Waals surface area contributed by atoms with Crippen molar-refractivity contribution in [2.75, 3.05) is 11.5 Å². The van der Waals surface area contributed by atoms with Gasteiger partial charge in [0, 0.05) is 22.3 Å². The Labute approximate surface area is 219 Å². The molecule has 2 aromatic rings. The minimum absolute atomic E-state index is 0.122. The highest BCUT2D eigenvalue weighted by molar-refractivity contribution is 7.99. The van der Waals surface area contributed by atoms with E-state index in [1.165, 1.54) is 0 Å². The molecule has 0 amide bonds. The van der Waals surface area contributed by atoms with E-state index in [0.29, 0.717) is 11.5 Å². The van der Waals surface area contributed by atoms with E-state index in [4.69, 9.17) is 0 Å². The zero-order valence-corrected chi connectivity index (χ0v) is 25.1. The lowest BCUT2D eigenvalue weighted by Gasteiger charge is -2.29. The maximum Gasteiger partial charge on any atom is 0.123 e. The predicted octanol–water partition coefficient (Wildman–Crippen LogP) is 8.41. The van der Waals surface area contributed by atoms with Crippen LogP contribution in [0.2, 0.25) is 0 Å². The van der Waals surface area contributed by atoms with Gasteiger partial charge in [0.2, 0.25) is 0 Å². The molecule has 2 rings (SSSR count). The van der Waals surface area contributed by atoms with Crippen molar-refractivity contribution in [2.24, 2.45) is 0 Å². The van der Waals surface area contributed by atoms with E-state index in [-0.39, 0.29) is 21.7 Å². The Kier molecular flexibility index (Phi) is 8.80. The number of hydrogen-bond acceptors (Lipinski definition) is 3. The second-order valence-corrected chi connectivity index (χ2v) is 15.1. The Morgan fingerprint density at radius 1 is 0.571 bits per heavy atom. The topological polar surface area (TPSA) is 40.5 Å². The van der Waals surface area contributed by atoms with Crippen LogP contribution in [0, 0.1) is 12.1 Å². The van der Waals surface area contributed by atoms with Gasteiger partial charge >= 0.3 is 0 Å². The summed E-state index contributed by atoms with van der Waals surface area (Å²) in [4.78, 5) is 0. The summed E-state index contributed by atoms with van der Waals surface area (Å²) >= 11 is 1.91. The van der Waals surface area contributed by atoms with Crippen molar-refractivity contribution < 1.29 is 10.2 Å². The van der Waals surface area contributed by atoms with Crippen LogP contribution in [-0.2, 0) is 34.5 Å². The molecule has 0 heterocycles. The zero-order valence-electron chi connectivity index (χ0n) is 24.3. The summed E-state index contributed by atoms with van der Waals surface area (Å²) in [5.74, 6) is 2.79. The molecule has 0 fully saturated rings. The third-order valence-electron chi connectivity index (χ3n) is 6.48. The first kappa shape index (κ1) is 29.6. The van der Waals surface area contributed by atoms with Crippen molar-refractivity contribution in [3.63, 3.8) is 0 Å². The van der Waals surface area contributed by atoms with Crippen LogP contribution in [0.15, 0.2) is 12.1 Å². The Balaban J connectivity index is 2.17. The number of phenolic OH excluding ortho intramolecular Hbond substituents is 2. The third kappa shape index (κ3) is 7.21. The molecule has 0 aliphatic carbocycles. The van der Waals surface area contributed by atoms with E-state index in [1.54, 1.807) is 0 Å². The first-order valence-corrected chi connectivity index (χ1v) is 14.0. The Hall–Kier alpha value is -1.61. The van der Waals surface area contributed by atoms with Crippen molar-refractivity contribution in [3.8, 4) is 11.5 Å². The highest BCUT2D eigenvalue weighted by atomic mass is 32.2. The van der Waals surface area contributed by atoms with Gasteiger partial charge in [0.15, 0.2) is 0 Å². The number of thioether (sulfide) groups is 1. The quantitative estimate of drug-likeness (QED) is 0.394. The Morgan fingerprint density at radius 3 is 1.14 bits per heavy atom. The summed E-state index contributed by atoms with van der Waals surface area (Å²) in [5.41, 5.74) is 5.66. The second kappa shape index (κ2) is 10.4. The molecule has 0 aromatic heterocycles. The van der Waals surface area contributed by atoms with E-state index >= 15 is 0 Å². The molecule has 194 valence electrons. The first-order chi connectivity index (χ1) is 15.8. The van der Waals surface area contributed by atoms with Gasteiger partial charge < -0.3 is 10.2 Å². The van der Waals surface area contributed by atoms with E-state index in [0.717, 1.165) is 57.7 Å². The summed E-state index contributed by atoms with van der Waals surface area (Å²) < 4.78 is 0. The fourth-order valence-electron chi connectivity index (χ4n) is 4.76. The highest BCUT2D eigenvalue weighted by Crippen LogP contribution is 2.42. The van der Waals surface area contributed by atoms with Crippen molar-refractivity contribution in [3.05, 3.63) is 57.6 Å². The van der Waals surface area contributed by atoms with E-state index in [1.807, 2.05) is 23.9 Å². The fraction of sp³-hybridized carbons (Fsp3) is 0.625. The molecule has 3 heteroatoms. The van der Waals surface area contributed by atoms with Gasteiger partial charge in [-0.05, 0) is 81.4 Å². The number of benzene rings is 2. The number of aryl methyl sites for hydroxylation is 2. The number of aromatic hydroxyl groups is 2. The maximum absolute atomic E-state index is 11.1. The maximum atomic E-state index is 11.1. The van der Waals surface area contributed by atoms with Crippen LogP contribution < -0.4 is 0 Å². The Morgan fingerprint density at radius 2 is 0.886 bits per heavy atom. The second-order valence-electron chi connectivity index (χ2n) is 13.9. The molecule has 2 aromatic carbocycles. The molecule has 2 radical (unpaired) electrons. The molecule has 0 saturated heterocycles. The summed E-state index contributed by atoms with van der Waals surface area (Å²) in [6, 6.07) is 11.0. The number of rotatable bonds is 6. The van der Waals surface area contributed by atoms with Gasteiger partial charge in [-0.3, -0.25) is 0 Å². The molecule has 2 N–H and O–H groups in total. The average Bonchev–Trinajstić information content (AvgIpc) is 2.63. The molecule has 2 nitrogen and oxygen atoms in total. The van der Waals surface area contributed by atoms with Gasteiger partial charge in [0.25, 0.3) is 0 Å². The SMILES string of the molecule is CC(C)(C)c1c[c]c(CCSCCc2[c]cc(C(C)(C)C)c(O)c2C(C)(C)C)c(C(C)(C)C)c1O. The van der Waals surface area contributed by atoms with Crippen LogP contribution in [-0.4, -0.2) is 21.7 Å². The standard InChI is InChI=1S/C32H48O2S/c1-29(2,3)23-15-13-21(25(27(23)33)31(7,8)9)17-19-35-20-18-22-14-16-24(30(4,5)6)28(34)26(22)32(10,11)12/h15-16,33-34H,17-20H2,1-12H3. The van der Waals surface area contributed by atoms with Crippen molar-refractivity contribution >= 4 is 11.8 Å². The van der Waals surface area contributed by atoms with Crippen molar-refractivity contribution in [2.45, 2.75) is 118 Å². The van der Waals surface area contributed by atoms with Crippen LogP contribution in [0.5, 0.6) is 11.5 Å². The van der Waals surface area contributed by atoms with Gasteiger partial charge in [-0.2, -0.15) is 11.8 Å². The summed E-state index contributed by atoms with van der Waals surface area (Å²) in [7, 11) is 0. The first-order valence-electron chi connectivity index (χ1n) is 12.9. The summed E-state index contributed by atoms with van der Waals surface area (Å²) in [5, 5.41) is 22.3. The molecule has 35 heavy (non-hydrogen) atoms. The van der Waals surface area contributed by atoms with E-state index < -0.39 is 0 Å². The molecular weight excluding hydrogens is 448 g/mol. The Bertz CT molecular complexity index is 938. The minimum atomic E-state index is -0.148. The molecule has 0 aliphatic heterocycles. The average molecular weight is 497 g/mol. The van der Waals surface area contributed by atoms with Crippen molar-refractivity contribution in [1.29, 1.82) is 0 Å². The highest BCUT2D eigenvalue weighted by Gasteiger charge is 2.29.